The average Bonchev–Trinajstić information content (AvgIpc) is 2.71. The van der Waals surface area contributed by atoms with Crippen LogP contribution < -0.4 is 5.56 Å². The molecule has 31 heavy (non-hydrogen) atoms. The average molecular weight is 461 g/mol. The van der Waals surface area contributed by atoms with Crippen LogP contribution in [0.2, 0.25) is 5.02 Å². The van der Waals surface area contributed by atoms with Crippen molar-refractivity contribution >= 4 is 40.0 Å². The lowest BCUT2D eigenvalue weighted by Gasteiger charge is -2.56. The zero-order valence-electron chi connectivity index (χ0n) is 18.1. The molecule has 1 aromatic carbocycles. The number of carbonyl (C=O) groups excluding carboxylic acids is 1. The van der Waals surface area contributed by atoms with Gasteiger partial charge in [0, 0.05) is 17.5 Å². The minimum atomic E-state index is -0.242. The molecule has 0 spiro atoms. The number of fused-ring (bicyclic) bond motifs is 1. The van der Waals surface area contributed by atoms with Crippen LogP contribution in [0.15, 0.2) is 28.2 Å². The zero-order valence-corrected chi connectivity index (χ0v) is 19.7. The minimum absolute atomic E-state index is 0.115. The number of thioether (sulfide) groups is 1. The molecule has 1 unspecified atom stereocenters. The molecule has 0 aliphatic heterocycles. The number of hydrogen-bond donors (Lipinski definition) is 0. The second-order valence-corrected chi connectivity index (χ2v) is 11.6. The predicted molar refractivity (Wildman–Crippen MR) is 124 cm³/mol. The van der Waals surface area contributed by atoms with Crippen molar-refractivity contribution in [3.63, 3.8) is 0 Å². The van der Waals surface area contributed by atoms with Crippen molar-refractivity contribution in [1.29, 1.82) is 0 Å². The number of nitrogens with zero attached hydrogens (tertiary/aromatic N) is 2. The van der Waals surface area contributed by atoms with Crippen molar-refractivity contribution in [2.24, 2.45) is 23.2 Å². The Hall–Kier alpha value is -1.37. The van der Waals surface area contributed by atoms with Gasteiger partial charge in [-0.2, -0.15) is 0 Å². The van der Waals surface area contributed by atoms with Gasteiger partial charge in [0.1, 0.15) is 0 Å². The van der Waals surface area contributed by atoms with Crippen molar-refractivity contribution in [3.8, 4) is 0 Å². The predicted octanol–water partition coefficient (Wildman–Crippen LogP) is 4.96. The van der Waals surface area contributed by atoms with E-state index >= 15 is 0 Å². The van der Waals surface area contributed by atoms with Gasteiger partial charge in [-0.15, -0.1) is 0 Å². The number of rotatable bonds is 7. The molecular weight excluding hydrogens is 432 g/mol. The van der Waals surface area contributed by atoms with E-state index < -0.39 is 0 Å². The molecule has 166 valence electrons. The van der Waals surface area contributed by atoms with Crippen LogP contribution in [0.25, 0.3) is 10.9 Å². The third-order valence-corrected chi connectivity index (χ3v) is 8.94. The van der Waals surface area contributed by atoms with Gasteiger partial charge < -0.3 is 4.74 Å². The molecule has 0 N–H and O–H groups in total. The summed E-state index contributed by atoms with van der Waals surface area (Å²) in [6.07, 6.45) is 7.12. The Morgan fingerprint density at radius 2 is 1.90 bits per heavy atom. The first kappa shape index (κ1) is 21.5. The molecule has 5 nitrogen and oxygen atoms in total. The van der Waals surface area contributed by atoms with Crippen molar-refractivity contribution in [2.45, 2.75) is 62.4 Å². The van der Waals surface area contributed by atoms with E-state index in [4.69, 9.17) is 21.3 Å². The van der Waals surface area contributed by atoms with Gasteiger partial charge in [0.25, 0.3) is 5.56 Å². The van der Waals surface area contributed by atoms with Crippen LogP contribution in [-0.4, -0.2) is 34.3 Å². The van der Waals surface area contributed by atoms with Crippen LogP contribution in [0.4, 0.5) is 0 Å². The summed E-state index contributed by atoms with van der Waals surface area (Å²) in [4.78, 5) is 31.7. The van der Waals surface area contributed by atoms with Gasteiger partial charge in [-0.05, 0) is 81.4 Å². The number of methoxy groups -OCH3 is 1. The summed E-state index contributed by atoms with van der Waals surface area (Å²) in [6, 6.07) is 5.14. The first-order valence-electron chi connectivity index (χ1n) is 11.3. The molecule has 2 aromatic rings. The first-order valence-corrected chi connectivity index (χ1v) is 12.5. The van der Waals surface area contributed by atoms with E-state index in [1.165, 1.54) is 31.0 Å². The smallest absolute Gasteiger partial charge is 0.262 e. The Balaban J connectivity index is 1.46. The fraction of sp³-hybridized carbons (Fsp3) is 0.625. The number of hydrogen-bond acceptors (Lipinski definition) is 5. The fourth-order valence-electron chi connectivity index (χ4n) is 6.70. The Kier molecular flexibility index (Phi) is 5.68. The van der Waals surface area contributed by atoms with Crippen molar-refractivity contribution in [1.82, 2.24) is 9.55 Å². The molecule has 4 aliphatic carbocycles. The molecule has 6 rings (SSSR count). The second-order valence-electron chi connectivity index (χ2n) is 9.83. The van der Waals surface area contributed by atoms with Gasteiger partial charge in [-0.1, -0.05) is 23.4 Å². The van der Waals surface area contributed by atoms with Gasteiger partial charge in [0.2, 0.25) is 0 Å². The van der Waals surface area contributed by atoms with Gasteiger partial charge in [-0.3, -0.25) is 14.2 Å². The van der Waals surface area contributed by atoms with Gasteiger partial charge in [0.15, 0.2) is 10.9 Å². The Bertz CT molecular complexity index is 1050. The molecule has 4 bridgehead atoms. The lowest BCUT2D eigenvalue weighted by molar-refractivity contribution is -0.143. The standard InChI is InChI=1S/C24H29ClN2O3S/c1-14(21(28)24-11-15-7-16(12-24)9-17(8-15)13-24)31-23-26-20-10-18(25)3-4-19(20)22(29)27(23)5-6-30-2/h3-4,10,14-17H,5-9,11-13H2,1-2H3. The molecule has 4 saturated carbocycles. The second kappa shape index (κ2) is 8.20. The van der Waals surface area contributed by atoms with Gasteiger partial charge >= 0.3 is 0 Å². The molecule has 1 heterocycles. The molecule has 4 fully saturated rings. The summed E-state index contributed by atoms with van der Waals surface area (Å²) in [5.74, 6) is 2.55. The van der Waals surface area contributed by atoms with Crippen LogP contribution >= 0.6 is 23.4 Å². The number of Topliss-reactive ketones (excluding diaryl/α,β-unsaturated/α-hetero) is 1. The van der Waals surface area contributed by atoms with Crippen LogP contribution in [0.3, 0.4) is 0 Å². The highest BCUT2D eigenvalue weighted by atomic mass is 35.5. The van der Waals surface area contributed by atoms with E-state index in [1.54, 1.807) is 29.9 Å². The summed E-state index contributed by atoms with van der Waals surface area (Å²) >= 11 is 7.57. The normalized spacial score (nSPS) is 30.1. The number of halogens is 1. The lowest BCUT2D eigenvalue weighted by atomic mass is 9.48. The molecule has 1 atom stereocenters. The van der Waals surface area contributed by atoms with E-state index in [1.807, 2.05) is 6.92 Å². The van der Waals surface area contributed by atoms with Crippen LogP contribution in [0.5, 0.6) is 0 Å². The lowest BCUT2D eigenvalue weighted by Crippen LogP contribution is -2.51. The first-order chi connectivity index (χ1) is 14.9. The number of benzene rings is 1. The van der Waals surface area contributed by atoms with Crippen LogP contribution in [-0.2, 0) is 16.1 Å². The van der Waals surface area contributed by atoms with Crippen LogP contribution in [0.1, 0.15) is 45.4 Å². The SMILES string of the molecule is COCCn1c(SC(C)C(=O)C23CC4CC(CC(C4)C2)C3)nc2cc(Cl)ccc2c1=O. The highest BCUT2D eigenvalue weighted by Gasteiger charge is 2.55. The number of ether oxygens (including phenoxy) is 1. The molecule has 7 heteroatoms. The molecule has 0 saturated heterocycles. The third kappa shape index (κ3) is 3.85. The topological polar surface area (TPSA) is 61.2 Å². The Morgan fingerprint density at radius 1 is 1.26 bits per heavy atom. The summed E-state index contributed by atoms with van der Waals surface area (Å²) in [7, 11) is 1.62. The quantitative estimate of drug-likeness (QED) is 0.431. The number of aromatic nitrogens is 2. The molecule has 1 aromatic heterocycles. The highest BCUT2D eigenvalue weighted by molar-refractivity contribution is 8.00. The molecule has 0 radical (unpaired) electrons. The molecular formula is C24H29ClN2O3S. The van der Waals surface area contributed by atoms with Crippen molar-refractivity contribution < 1.29 is 9.53 Å². The number of carbonyl (C=O) groups is 1. The van der Waals surface area contributed by atoms with E-state index in [9.17, 15) is 9.59 Å². The van der Waals surface area contributed by atoms with Crippen LogP contribution in [0, 0.1) is 23.2 Å². The Morgan fingerprint density at radius 3 is 2.52 bits per heavy atom. The summed E-state index contributed by atoms with van der Waals surface area (Å²) in [5, 5.41) is 1.41. The van der Waals surface area contributed by atoms with E-state index in [-0.39, 0.29) is 16.2 Å². The van der Waals surface area contributed by atoms with Gasteiger partial charge in [-0.25, -0.2) is 4.98 Å². The third-order valence-electron chi connectivity index (χ3n) is 7.61. The summed E-state index contributed by atoms with van der Waals surface area (Å²) < 4.78 is 6.87. The maximum Gasteiger partial charge on any atom is 0.262 e. The van der Waals surface area contributed by atoms with E-state index in [2.05, 4.69) is 0 Å². The maximum absolute atomic E-state index is 13.7. The molecule has 4 aliphatic rings. The highest BCUT2D eigenvalue weighted by Crippen LogP contribution is 2.61. The van der Waals surface area contributed by atoms with Gasteiger partial charge in [0.05, 0.1) is 29.3 Å². The summed E-state index contributed by atoms with van der Waals surface area (Å²) in [6.45, 7) is 2.80. The number of ketones is 1. The van der Waals surface area contributed by atoms with E-state index in [0.29, 0.717) is 40.0 Å². The molecule has 0 amide bonds. The van der Waals surface area contributed by atoms with E-state index in [0.717, 1.165) is 37.0 Å². The Labute approximate surface area is 191 Å². The maximum atomic E-state index is 13.7. The van der Waals surface area contributed by atoms with Crippen molar-refractivity contribution in [3.05, 3.63) is 33.6 Å². The zero-order chi connectivity index (χ0) is 21.8. The minimum Gasteiger partial charge on any atom is -0.383 e. The summed E-state index contributed by atoms with van der Waals surface area (Å²) in [5.41, 5.74) is 0.303. The van der Waals surface area contributed by atoms with Crippen molar-refractivity contribution in [2.75, 3.05) is 13.7 Å². The monoisotopic (exact) mass is 460 g/mol. The largest absolute Gasteiger partial charge is 0.383 e. The fourth-order valence-corrected chi connectivity index (χ4v) is 7.99.